The van der Waals surface area contributed by atoms with E-state index in [1.165, 1.54) is 5.56 Å². The second-order valence-corrected chi connectivity index (χ2v) is 4.06. The van der Waals surface area contributed by atoms with Crippen molar-refractivity contribution in [1.82, 2.24) is 4.90 Å². The normalized spacial score (nSPS) is 9.65. The molecule has 0 aliphatic carbocycles. The molecule has 0 radical (unpaired) electrons. The van der Waals surface area contributed by atoms with Crippen molar-refractivity contribution in [2.75, 3.05) is 13.6 Å². The quantitative estimate of drug-likeness (QED) is 0.753. The summed E-state index contributed by atoms with van der Waals surface area (Å²) >= 11 is 0. The largest absolute Gasteiger partial charge is 0.345 e. The molecular formula is C14H18N2O. The first-order chi connectivity index (χ1) is 8.24. The number of hydrogen-bond acceptors (Lipinski definition) is 2. The molecule has 3 nitrogen and oxygen atoms in total. The Morgan fingerprint density at radius 2 is 2.06 bits per heavy atom. The predicted molar refractivity (Wildman–Crippen MR) is 67.2 cm³/mol. The lowest BCUT2D eigenvalue weighted by Gasteiger charge is -2.15. The molecule has 3 heteroatoms. The number of benzene rings is 1. The van der Waals surface area contributed by atoms with Crippen molar-refractivity contribution in [2.24, 2.45) is 0 Å². The number of nitriles is 1. The van der Waals surface area contributed by atoms with E-state index in [1.807, 2.05) is 24.3 Å². The molecule has 0 aromatic heterocycles. The Hall–Kier alpha value is -1.82. The van der Waals surface area contributed by atoms with Gasteiger partial charge in [-0.25, -0.2) is 0 Å². The van der Waals surface area contributed by atoms with Gasteiger partial charge in [0.1, 0.15) is 0 Å². The van der Waals surface area contributed by atoms with E-state index in [4.69, 9.17) is 5.26 Å². The highest BCUT2D eigenvalue weighted by Crippen LogP contribution is 2.05. The molecule has 0 N–H and O–H groups in total. The van der Waals surface area contributed by atoms with Crippen molar-refractivity contribution >= 4 is 5.91 Å². The van der Waals surface area contributed by atoms with E-state index in [9.17, 15) is 4.79 Å². The smallest absolute Gasteiger partial charge is 0.222 e. The Morgan fingerprint density at radius 3 is 2.71 bits per heavy atom. The molecule has 0 heterocycles. The summed E-state index contributed by atoms with van der Waals surface area (Å²) < 4.78 is 0. The maximum atomic E-state index is 11.7. The summed E-state index contributed by atoms with van der Waals surface area (Å²) in [7, 11) is 1.75. The van der Waals surface area contributed by atoms with Crippen molar-refractivity contribution in [3.63, 3.8) is 0 Å². The van der Waals surface area contributed by atoms with Crippen LogP contribution in [0.25, 0.3) is 0 Å². The molecule has 90 valence electrons. The molecule has 0 saturated carbocycles. The molecule has 0 aliphatic heterocycles. The highest BCUT2D eigenvalue weighted by Gasteiger charge is 2.07. The van der Waals surface area contributed by atoms with Crippen molar-refractivity contribution < 1.29 is 4.79 Å². The molecule has 1 aromatic rings. The molecule has 1 aromatic carbocycles. The molecular weight excluding hydrogens is 212 g/mol. The van der Waals surface area contributed by atoms with Crippen LogP contribution in [0, 0.1) is 11.3 Å². The van der Waals surface area contributed by atoms with Crippen molar-refractivity contribution in [1.29, 1.82) is 5.26 Å². The van der Waals surface area contributed by atoms with Gasteiger partial charge in [0.15, 0.2) is 0 Å². The zero-order chi connectivity index (χ0) is 12.5. The Kier molecular flexibility index (Phi) is 5.81. The summed E-state index contributed by atoms with van der Waals surface area (Å²) in [6.45, 7) is 0.528. The van der Waals surface area contributed by atoms with Crippen molar-refractivity contribution in [3.8, 4) is 6.07 Å². The molecule has 0 saturated heterocycles. The average molecular weight is 230 g/mol. The molecule has 0 spiro atoms. The summed E-state index contributed by atoms with van der Waals surface area (Å²) in [6, 6.07) is 12.2. The standard InChI is InChI=1S/C14H18N2O/c1-16(12-6-11-15)14(17)10-5-9-13-7-3-2-4-8-13/h2-4,7-8H,5-6,9-10,12H2,1H3. The van der Waals surface area contributed by atoms with Crippen LogP contribution in [-0.4, -0.2) is 24.4 Å². The Labute approximate surface area is 103 Å². The van der Waals surface area contributed by atoms with Gasteiger partial charge >= 0.3 is 0 Å². The van der Waals surface area contributed by atoms with Crippen LogP contribution in [0.5, 0.6) is 0 Å². The van der Waals surface area contributed by atoms with Crippen LogP contribution in [-0.2, 0) is 11.2 Å². The van der Waals surface area contributed by atoms with E-state index in [0.29, 0.717) is 19.4 Å². The fraction of sp³-hybridized carbons (Fsp3) is 0.429. The molecule has 0 bridgehead atoms. The summed E-state index contributed by atoms with van der Waals surface area (Å²) in [4.78, 5) is 13.3. The highest BCUT2D eigenvalue weighted by molar-refractivity contribution is 5.75. The Bertz CT molecular complexity index is 381. The monoisotopic (exact) mass is 230 g/mol. The number of hydrogen-bond donors (Lipinski definition) is 0. The number of amides is 1. The van der Waals surface area contributed by atoms with Crippen molar-refractivity contribution in [3.05, 3.63) is 35.9 Å². The topological polar surface area (TPSA) is 44.1 Å². The summed E-state index contributed by atoms with van der Waals surface area (Å²) in [5, 5.41) is 8.43. The second kappa shape index (κ2) is 7.45. The highest BCUT2D eigenvalue weighted by atomic mass is 16.2. The summed E-state index contributed by atoms with van der Waals surface area (Å²) in [5.74, 6) is 0.121. The summed E-state index contributed by atoms with van der Waals surface area (Å²) in [5.41, 5.74) is 1.26. The lowest BCUT2D eigenvalue weighted by molar-refractivity contribution is -0.129. The molecule has 17 heavy (non-hydrogen) atoms. The van der Waals surface area contributed by atoms with Gasteiger partial charge in [0.2, 0.25) is 5.91 Å². The molecule has 0 unspecified atom stereocenters. The minimum absolute atomic E-state index is 0.121. The lowest BCUT2D eigenvalue weighted by atomic mass is 10.1. The van der Waals surface area contributed by atoms with Crippen LogP contribution in [0.15, 0.2) is 30.3 Å². The average Bonchev–Trinajstić information content (AvgIpc) is 2.37. The van der Waals surface area contributed by atoms with Gasteiger partial charge in [-0.05, 0) is 18.4 Å². The summed E-state index contributed by atoms with van der Waals surface area (Å²) in [6.07, 6.45) is 2.75. The van der Waals surface area contributed by atoms with E-state index in [2.05, 4.69) is 12.1 Å². The van der Waals surface area contributed by atoms with Gasteiger partial charge in [-0.3, -0.25) is 4.79 Å². The van der Waals surface area contributed by atoms with E-state index in [1.54, 1.807) is 11.9 Å². The third kappa shape index (κ3) is 5.17. The van der Waals surface area contributed by atoms with Gasteiger partial charge < -0.3 is 4.90 Å². The third-order valence-corrected chi connectivity index (χ3v) is 2.68. The van der Waals surface area contributed by atoms with Crippen LogP contribution in [0.4, 0.5) is 0 Å². The van der Waals surface area contributed by atoms with Gasteiger partial charge in [-0.1, -0.05) is 30.3 Å². The number of carbonyl (C=O) groups excluding carboxylic acids is 1. The first-order valence-electron chi connectivity index (χ1n) is 5.89. The van der Waals surface area contributed by atoms with Gasteiger partial charge in [-0.15, -0.1) is 0 Å². The molecule has 0 fully saturated rings. The molecule has 1 rings (SSSR count). The van der Waals surface area contributed by atoms with Crippen molar-refractivity contribution in [2.45, 2.75) is 25.7 Å². The number of rotatable bonds is 6. The van der Waals surface area contributed by atoms with Crippen LogP contribution in [0.2, 0.25) is 0 Å². The minimum atomic E-state index is 0.121. The van der Waals surface area contributed by atoms with E-state index in [-0.39, 0.29) is 5.91 Å². The number of aryl methyl sites for hydroxylation is 1. The van der Waals surface area contributed by atoms with Gasteiger partial charge in [0, 0.05) is 20.0 Å². The predicted octanol–water partition coefficient (Wildman–Crippen LogP) is 2.38. The number of carbonyl (C=O) groups is 1. The Balaban J connectivity index is 2.23. The van der Waals surface area contributed by atoms with Crippen LogP contribution >= 0.6 is 0 Å². The Morgan fingerprint density at radius 1 is 1.35 bits per heavy atom. The minimum Gasteiger partial charge on any atom is -0.345 e. The van der Waals surface area contributed by atoms with Crippen LogP contribution < -0.4 is 0 Å². The maximum absolute atomic E-state index is 11.7. The van der Waals surface area contributed by atoms with Gasteiger partial charge in [0.25, 0.3) is 0 Å². The zero-order valence-corrected chi connectivity index (χ0v) is 10.2. The second-order valence-electron chi connectivity index (χ2n) is 4.06. The first-order valence-corrected chi connectivity index (χ1v) is 5.89. The number of nitrogens with zero attached hydrogens (tertiary/aromatic N) is 2. The van der Waals surface area contributed by atoms with Gasteiger partial charge in [0.05, 0.1) is 12.5 Å². The first kappa shape index (κ1) is 13.2. The fourth-order valence-electron chi connectivity index (χ4n) is 1.62. The van der Waals surface area contributed by atoms with E-state index >= 15 is 0 Å². The van der Waals surface area contributed by atoms with E-state index < -0.39 is 0 Å². The SMILES string of the molecule is CN(CCC#N)C(=O)CCCc1ccccc1. The molecule has 1 amide bonds. The van der Waals surface area contributed by atoms with E-state index in [0.717, 1.165) is 12.8 Å². The fourth-order valence-corrected chi connectivity index (χ4v) is 1.62. The molecule has 0 atom stereocenters. The third-order valence-electron chi connectivity index (χ3n) is 2.68. The molecule has 0 aliphatic rings. The maximum Gasteiger partial charge on any atom is 0.222 e. The van der Waals surface area contributed by atoms with Gasteiger partial charge in [-0.2, -0.15) is 5.26 Å². The van der Waals surface area contributed by atoms with Crippen LogP contribution in [0.1, 0.15) is 24.8 Å². The lowest BCUT2D eigenvalue weighted by Crippen LogP contribution is -2.27. The zero-order valence-electron chi connectivity index (χ0n) is 10.2. The van der Waals surface area contributed by atoms with Crippen LogP contribution in [0.3, 0.4) is 0 Å².